The second kappa shape index (κ2) is 6.54. The fraction of sp³-hybridized carbons (Fsp3) is 0.200. The molecule has 0 saturated heterocycles. The molecule has 4 nitrogen and oxygen atoms in total. The Morgan fingerprint density at radius 3 is 2.68 bits per heavy atom. The van der Waals surface area contributed by atoms with Gasteiger partial charge in [0.15, 0.2) is 0 Å². The van der Waals surface area contributed by atoms with Gasteiger partial charge in [-0.2, -0.15) is 0 Å². The van der Waals surface area contributed by atoms with Gasteiger partial charge in [-0.25, -0.2) is 0 Å². The van der Waals surface area contributed by atoms with Crippen LogP contribution in [0, 0.1) is 0 Å². The van der Waals surface area contributed by atoms with E-state index >= 15 is 0 Å². The number of carbonyl (C=O) groups is 1. The minimum atomic E-state index is -0.0983. The van der Waals surface area contributed by atoms with Crippen molar-refractivity contribution in [3.8, 4) is 5.75 Å². The maximum absolute atomic E-state index is 11.7. The van der Waals surface area contributed by atoms with E-state index in [4.69, 9.17) is 5.11 Å². The number of nitrogens with zero attached hydrogens (tertiary/aromatic N) is 1. The van der Waals surface area contributed by atoms with E-state index in [0.717, 1.165) is 18.4 Å². The number of amides is 1. The first-order chi connectivity index (χ1) is 9.25. The van der Waals surface area contributed by atoms with Crippen LogP contribution in [-0.4, -0.2) is 22.5 Å². The zero-order valence-corrected chi connectivity index (χ0v) is 10.5. The van der Waals surface area contributed by atoms with Gasteiger partial charge in [0.25, 0.3) is 5.91 Å². The van der Waals surface area contributed by atoms with Crippen LogP contribution in [0.3, 0.4) is 0 Å². The van der Waals surface area contributed by atoms with Crippen molar-refractivity contribution in [3.63, 3.8) is 0 Å². The highest BCUT2D eigenvalue weighted by molar-refractivity contribution is 5.93. The first-order valence-electron chi connectivity index (χ1n) is 6.22. The van der Waals surface area contributed by atoms with E-state index in [0.29, 0.717) is 12.1 Å². The fourth-order valence-electron chi connectivity index (χ4n) is 1.76. The topological polar surface area (TPSA) is 62.2 Å². The van der Waals surface area contributed by atoms with Crippen LogP contribution in [0.25, 0.3) is 0 Å². The third-order valence-corrected chi connectivity index (χ3v) is 2.79. The van der Waals surface area contributed by atoms with Crippen LogP contribution in [0.2, 0.25) is 0 Å². The Kier molecular flexibility index (Phi) is 4.50. The molecule has 0 radical (unpaired) electrons. The summed E-state index contributed by atoms with van der Waals surface area (Å²) in [4.78, 5) is 15.6. The van der Waals surface area contributed by atoms with E-state index in [1.807, 2.05) is 12.1 Å². The summed E-state index contributed by atoms with van der Waals surface area (Å²) >= 11 is 0. The smallest absolute Gasteiger partial charge is 0.252 e. The number of rotatable bonds is 5. The molecule has 2 aromatic rings. The van der Waals surface area contributed by atoms with E-state index in [2.05, 4.69) is 10.3 Å². The van der Waals surface area contributed by atoms with Crippen molar-refractivity contribution in [2.45, 2.75) is 12.8 Å². The lowest BCUT2D eigenvalue weighted by atomic mass is 10.1. The number of hydrogen-bond acceptors (Lipinski definition) is 3. The van der Waals surface area contributed by atoms with E-state index in [1.165, 1.54) is 0 Å². The predicted molar refractivity (Wildman–Crippen MR) is 73.0 cm³/mol. The van der Waals surface area contributed by atoms with Crippen LogP contribution in [0.1, 0.15) is 22.3 Å². The summed E-state index contributed by atoms with van der Waals surface area (Å²) in [5.74, 6) is 0.174. The molecule has 2 N–H and O–H groups in total. The second-order valence-corrected chi connectivity index (χ2v) is 4.27. The molecule has 0 saturated carbocycles. The summed E-state index contributed by atoms with van der Waals surface area (Å²) in [6, 6.07) is 10.6. The Morgan fingerprint density at radius 1 is 1.21 bits per heavy atom. The highest BCUT2D eigenvalue weighted by Crippen LogP contribution is 2.10. The third kappa shape index (κ3) is 4.10. The maximum atomic E-state index is 11.7. The molecule has 0 fully saturated rings. The van der Waals surface area contributed by atoms with Crippen molar-refractivity contribution in [2.75, 3.05) is 6.54 Å². The molecule has 0 aliphatic rings. The molecule has 2 rings (SSSR count). The van der Waals surface area contributed by atoms with E-state index in [1.54, 1.807) is 36.7 Å². The van der Waals surface area contributed by atoms with Crippen LogP contribution in [-0.2, 0) is 6.42 Å². The van der Waals surface area contributed by atoms with Crippen molar-refractivity contribution in [1.29, 1.82) is 0 Å². The zero-order chi connectivity index (χ0) is 13.5. The molecule has 0 bridgehead atoms. The molecule has 98 valence electrons. The Morgan fingerprint density at radius 2 is 2.00 bits per heavy atom. The number of phenols is 1. The van der Waals surface area contributed by atoms with E-state index < -0.39 is 0 Å². The van der Waals surface area contributed by atoms with Crippen LogP contribution < -0.4 is 5.32 Å². The maximum Gasteiger partial charge on any atom is 0.252 e. The molecular weight excluding hydrogens is 240 g/mol. The largest absolute Gasteiger partial charge is 0.508 e. The Bertz CT molecular complexity index is 524. The normalized spacial score (nSPS) is 10.1. The van der Waals surface area contributed by atoms with Crippen LogP contribution >= 0.6 is 0 Å². The number of pyridine rings is 1. The zero-order valence-electron chi connectivity index (χ0n) is 10.5. The van der Waals surface area contributed by atoms with Crippen LogP contribution in [0.4, 0.5) is 0 Å². The Hall–Kier alpha value is -2.36. The Balaban J connectivity index is 1.72. The van der Waals surface area contributed by atoms with Gasteiger partial charge in [-0.3, -0.25) is 9.78 Å². The number of hydrogen-bond donors (Lipinski definition) is 2. The van der Waals surface area contributed by atoms with E-state index in [9.17, 15) is 4.79 Å². The average Bonchev–Trinajstić information content (AvgIpc) is 2.46. The second-order valence-electron chi connectivity index (χ2n) is 4.27. The molecule has 0 aliphatic heterocycles. The van der Waals surface area contributed by atoms with Gasteiger partial charge in [0, 0.05) is 18.9 Å². The summed E-state index contributed by atoms with van der Waals surface area (Å²) in [7, 11) is 0. The molecule has 1 aromatic carbocycles. The highest BCUT2D eigenvalue weighted by atomic mass is 16.3. The predicted octanol–water partition coefficient (Wildman–Crippen LogP) is 2.15. The first-order valence-corrected chi connectivity index (χ1v) is 6.22. The van der Waals surface area contributed by atoms with Gasteiger partial charge in [0.1, 0.15) is 5.75 Å². The molecule has 0 unspecified atom stereocenters. The van der Waals surface area contributed by atoms with Crippen molar-refractivity contribution < 1.29 is 9.90 Å². The molecule has 0 spiro atoms. The molecule has 1 amide bonds. The van der Waals surface area contributed by atoms with Gasteiger partial charge >= 0.3 is 0 Å². The van der Waals surface area contributed by atoms with Gasteiger partial charge in [0.2, 0.25) is 0 Å². The number of aromatic nitrogens is 1. The van der Waals surface area contributed by atoms with Crippen molar-refractivity contribution >= 4 is 5.91 Å². The molecule has 4 heteroatoms. The van der Waals surface area contributed by atoms with Gasteiger partial charge in [0.05, 0.1) is 5.56 Å². The van der Waals surface area contributed by atoms with Crippen molar-refractivity contribution in [3.05, 3.63) is 59.9 Å². The highest BCUT2D eigenvalue weighted by Gasteiger charge is 2.03. The fourth-order valence-corrected chi connectivity index (χ4v) is 1.76. The lowest BCUT2D eigenvalue weighted by Gasteiger charge is -2.05. The quantitative estimate of drug-likeness (QED) is 0.806. The van der Waals surface area contributed by atoms with Crippen LogP contribution in [0.15, 0.2) is 48.8 Å². The molecule has 1 aromatic heterocycles. The lowest BCUT2D eigenvalue weighted by molar-refractivity contribution is 0.0953. The Labute approximate surface area is 112 Å². The van der Waals surface area contributed by atoms with Gasteiger partial charge in [-0.1, -0.05) is 12.1 Å². The van der Waals surface area contributed by atoms with E-state index in [-0.39, 0.29) is 11.7 Å². The number of aromatic hydroxyl groups is 1. The summed E-state index contributed by atoms with van der Waals surface area (Å²) < 4.78 is 0. The molecule has 19 heavy (non-hydrogen) atoms. The summed E-state index contributed by atoms with van der Waals surface area (Å²) in [5, 5.41) is 12.0. The van der Waals surface area contributed by atoms with Gasteiger partial charge in [-0.15, -0.1) is 0 Å². The first kappa shape index (κ1) is 13.1. The number of benzene rings is 1. The minimum absolute atomic E-state index is 0.0983. The van der Waals surface area contributed by atoms with Gasteiger partial charge in [-0.05, 0) is 42.7 Å². The summed E-state index contributed by atoms with van der Waals surface area (Å²) in [6.45, 7) is 0.620. The van der Waals surface area contributed by atoms with Crippen molar-refractivity contribution in [1.82, 2.24) is 10.3 Å². The SMILES string of the molecule is O=C(NCCCc1ccc(O)cc1)c1cccnc1. The molecule has 0 aliphatic carbocycles. The van der Waals surface area contributed by atoms with Crippen molar-refractivity contribution in [2.24, 2.45) is 0 Å². The number of phenolic OH excluding ortho intramolecular Hbond substituents is 1. The number of carbonyl (C=O) groups excluding carboxylic acids is 1. The lowest BCUT2D eigenvalue weighted by Crippen LogP contribution is -2.24. The summed E-state index contributed by atoms with van der Waals surface area (Å²) in [6.07, 6.45) is 4.92. The average molecular weight is 256 g/mol. The number of aryl methyl sites for hydroxylation is 1. The van der Waals surface area contributed by atoms with Gasteiger partial charge < -0.3 is 10.4 Å². The van der Waals surface area contributed by atoms with Crippen LogP contribution in [0.5, 0.6) is 5.75 Å². The minimum Gasteiger partial charge on any atom is -0.508 e. The number of nitrogens with one attached hydrogen (secondary N) is 1. The monoisotopic (exact) mass is 256 g/mol. The molecule has 1 heterocycles. The standard InChI is InChI=1S/C15H16N2O2/c18-14-7-5-12(6-8-14)3-1-10-17-15(19)13-4-2-9-16-11-13/h2,4-9,11,18H,1,3,10H2,(H,17,19). The third-order valence-electron chi connectivity index (χ3n) is 2.79. The summed E-state index contributed by atoms with van der Waals surface area (Å²) in [5.41, 5.74) is 1.72. The molecular formula is C15H16N2O2. The molecule has 0 atom stereocenters.